The van der Waals surface area contributed by atoms with Gasteiger partial charge in [0.25, 0.3) is 0 Å². The summed E-state index contributed by atoms with van der Waals surface area (Å²) >= 11 is 0. The number of aromatic nitrogens is 2. The summed E-state index contributed by atoms with van der Waals surface area (Å²) in [7, 11) is -3.25. The van der Waals surface area contributed by atoms with Crippen molar-refractivity contribution in [2.75, 3.05) is 16.8 Å². The first-order valence-corrected chi connectivity index (χ1v) is 8.95. The lowest BCUT2D eigenvalue weighted by atomic mass is 10.0. The molecule has 122 valence electrons. The number of aromatic hydroxyl groups is 1. The van der Waals surface area contributed by atoms with Crippen molar-refractivity contribution in [2.24, 2.45) is 0 Å². The van der Waals surface area contributed by atoms with Gasteiger partial charge in [0.15, 0.2) is 9.84 Å². The van der Waals surface area contributed by atoms with Gasteiger partial charge in [-0.3, -0.25) is 9.97 Å². The van der Waals surface area contributed by atoms with E-state index in [4.69, 9.17) is 5.73 Å². The SMILES string of the molecule is Nc1cnc2ccc3c(c2c1Nc1cncc(O)c1)CCS3(=O)=O. The number of nitrogens with one attached hydrogen (secondary N) is 1. The van der Waals surface area contributed by atoms with Crippen molar-refractivity contribution in [3.8, 4) is 5.75 Å². The van der Waals surface area contributed by atoms with Gasteiger partial charge in [-0.05, 0) is 24.1 Å². The van der Waals surface area contributed by atoms with E-state index in [1.165, 1.54) is 18.5 Å². The van der Waals surface area contributed by atoms with Gasteiger partial charge >= 0.3 is 0 Å². The predicted molar refractivity (Wildman–Crippen MR) is 91.1 cm³/mol. The summed E-state index contributed by atoms with van der Waals surface area (Å²) in [5.41, 5.74) is 8.98. The van der Waals surface area contributed by atoms with Gasteiger partial charge in [0.1, 0.15) is 5.75 Å². The summed E-state index contributed by atoms with van der Waals surface area (Å²) in [4.78, 5) is 8.55. The third-order valence-electron chi connectivity index (χ3n) is 4.08. The molecule has 0 atom stereocenters. The minimum absolute atomic E-state index is 0.0183. The topological polar surface area (TPSA) is 118 Å². The number of nitrogens with zero attached hydrogens (tertiary/aromatic N) is 2. The zero-order valence-corrected chi connectivity index (χ0v) is 13.3. The molecule has 0 unspecified atom stereocenters. The lowest BCUT2D eigenvalue weighted by Gasteiger charge is -2.14. The van der Waals surface area contributed by atoms with Crippen molar-refractivity contribution < 1.29 is 13.5 Å². The molecule has 8 heteroatoms. The zero-order valence-electron chi connectivity index (χ0n) is 12.5. The molecule has 0 radical (unpaired) electrons. The average Bonchev–Trinajstić information content (AvgIpc) is 2.85. The lowest BCUT2D eigenvalue weighted by Crippen LogP contribution is -2.01. The first-order chi connectivity index (χ1) is 11.5. The van der Waals surface area contributed by atoms with E-state index in [1.807, 2.05) is 0 Å². The molecule has 1 aliphatic heterocycles. The largest absolute Gasteiger partial charge is 0.506 e. The van der Waals surface area contributed by atoms with Gasteiger partial charge in [-0.15, -0.1) is 0 Å². The summed E-state index contributed by atoms with van der Waals surface area (Å²) in [6.45, 7) is 0. The van der Waals surface area contributed by atoms with Gasteiger partial charge in [0.05, 0.1) is 51.8 Å². The Kier molecular flexibility index (Phi) is 3.10. The molecule has 0 saturated carbocycles. The van der Waals surface area contributed by atoms with Crippen LogP contribution in [0.15, 0.2) is 41.7 Å². The second-order valence-electron chi connectivity index (χ2n) is 5.65. The number of sulfone groups is 1. The zero-order chi connectivity index (χ0) is 16.9. The molecular weight excluding hydrogens is 328 g/mol. The Morgan fingerprint density at radius 1 is 1.21 bits per heavy atom. The fourth-order valence-electron chi connectivity index (χ4n) is 3.01. The van der Waals surface area contributed by atoms with Crippen molar-refractivity contribution in [3.63, 3.8) is 0 Å². The van der Waals surface area contributed by atoms with Crippen LogP contribution in [0.25, 0.3) is 10.9 Å². The molecular formula is C16H14N4O3S. The molecule has 0 aliphatic carbocycles. The van der Waals surface area contributed by atoms with Crippen molar-refractivity contribution in [3.05, 3.63) is 42.4 Å². The predicted octanol–water partition coefficient (Wildman–Crippen LogP) is 1.99. The number of rotatable bonds is 2. The van der Waals surface area contributed by atoms with E-state index in [0.29, 0.717) is 39.3 Å². The van der Waals surface area contributed by atoms with Crippen LogP contribution in [0.3, 0.4) is 0 Å². The summed E-state index contributed by atoms with van der Waals surface area (Å²) in [6, 6.07) is 4.80. The molecule has 3 aromatic rings. The van der Waals surface area contributed by atoms with Crippen LogP contribution >= 0.6 is 0 Å². The van der Waals surface area contributed by atoms with Gasteiger partial charge in [-0.1, -0.05) is 0 Å². The lowest BCUT2D eigenvalue weighted by molar-refractivity contribution is 0.473. The Bertz CT molecular complexity index is 1080. The van der Waals surface area contributed by atoms with E-state index in [0.717, 1.165) is 5.56 Å². The molecule has 4 N–H and O–H groups in total. The summed E-state index contributed by atoms with van der Waals surface area (Å²) < 4.78 is 24.4. The molecule has 7 nitrogen and oxygen atoms in total. The highest BCUT2D eigenvalue weighted by Crippen LogP contribution is 2.39. The van der Waals surface area contributed by atoms with E-state index in [-0.39, 0.29) is 11.5 Å². The van der Waals surface area contributed by atoms with Crippen LogP contribution in [0.1, 0.15) is 5.56 Å². The van der Waals surface area contributed by atoms with Gasteiger partial charge in [0.2, 0.25) is 0 Å². The number of hydrogen-bond acceptors (Lipinski definition) is 7. The number of pyridine rings is 2. The van der Waals surface area contributed by atoms with Crippen LogP contribution in [0.4, 0.5) is 17.1 Å². The fourth-order valence-corrected chi connectivity index (χ4v) is 4.56. The van der Waals surface area contributed by atoms with Crippen LogP contribution in [-0.2, 0) is 16.3 Å². The van der Waals surface area contributed by atoms with Crippen molar-refractivity contribution in [1.29, 1.82) is 0 Å². The van der Waals surface area contributed by atoms with E-state index in [9.17, 15) is 13.5 Å². The maximum absolute atomic E-state index is 12.2. The van der Waals surface area contributed by atoms with E-state index >= 15 is 0 Å². The van der Waals surface area contributed by atoms with E-state index in [2.05, 4.69) is 15.3 Å². The normalized spacial score (nSPS) is 15.3. The highest BCUT2D eigenvalue weighted by atomic mass is 32.2. The van der Waals surface area contributed by atoms with Crippen molar-refractivity contribution >= 4 is 37.8 Å². The second kappa shape index (κ2) is 5.07. The second-order valence-corrected chi connectivity index (χ2v) is 7.73. The first kappa shape index (κ1) is 14.7. The molecule has 0 spiro atoms. The maximum Gasteiger partial charge on any atom is 0.179 e. The number of fused-ring (bicyclic) bond motifs is 3. The molecule has 0 amide bonds. The highest BCUT2D eigenvalue weighted by Gasteiger charge is 2.29. The molecule has 0 bridgehead atoms. The molecule has 1 aromatic carbocycles. The van der Waals surface area contributed by atoms with Gasteiger partial charge in [-0.2, -0.15) is 0 Å². The van der Waals surface area contributed by atoms with Crippen LogP contribution in [0.5, 0.6) is 5.75 Å². The fraction of sp³-hybridized carbons (Fsp3) is 0.125. The average molecular weight is 342 g/mol. The third kappa shape index (κ3) is 2.23. The first-order valence-electron chi connectivity index (χ1n) is 7.29. The molecule has 3 heterocycles. The summed E-state index contributed by atoms with van der Waals surface area (Å²) in [5, 5.41) is 13.4. The Labute approximate surface area is 138 Å². The smallest absolute Gasteiger partial charge is 0.179 e. The number of aryl methyl sites for hydroxylation is 1. The minimum Gasteiger partial charge on any atom is -0.506 e. The minimum atomic E-state index is -3.25. The molecule has 0 saturated heterocycles. The molecule has 24 heavy (non-hydrogen) atoms. The number of nitrogens with two attached hydrogens (primary N) is 1. The van der Waals surface area contributed by atoms with Crippen LogP contribution in [0, 0.1) is 0 Å². The van der Waals surface area contributed by atoms with Crippen LogP contribution in [0.2, 0.25) is 0 Å². The Morgan fingerprint density at radius 2 is 2.04 bits per heavy atom. The molecule has 0 fully saturated rings. The van der Waals surface area contributed by atoms with Crippen LogP contribution in [-0.4, -0.2) is 29.2 Å². The van der Waals surface area contributed by atoms with E-state index < -0.39 is 9.84 Å². The Hall–Kier alpha value is -2.87. The molecule has 4 rings (SSSR count). The van der Waals surface area contributed by atoms with Gasteiger partial charge < -0.3 is 16.2 Å². The van der Waals surface area contributed by atoms with Crippen molar-refractivity contribution in [2.45, 2.75) is 11.3 Å². The molecule has 1 aliphatic rings. The summed E-state index contributed by atoms with van der Waals surface area (Å²) in [6.07, 6.45) is 4.82. The number of anilines is 3. The van der Waals surface area contributed by atoms with Crippen LogP contribution < -0.4 is 11.1 Å². The number of nitrogen functional groups attached to an aromatic ring is 1. The van der Waals surface area contributed by atoms with Gasteiger partial charge in [0, 0.05) is 11.5 Å². The monoisotopic (exact) mass is 342 g/mol. The van der Waals surface area contributed by atoms with Gasteiger partial charge in [-0.25, -0.2) is 8.42 Å². The highest BCUT2D eigenvalue weighted by molar-refractivity contribution is 7.91. The standard InChI is InChI=1S/C16H14N4O3S/c17-12-8-19-13-1-2-14-11(3-4-24(14,22)23)15(13)16(12)20-9-5-10(21)7-18-6-9/h1-2,5-8,21H,3-4,17H2,(H,19,20). The Balaban J connectivity index is 1.98. The quantitative estimate of drug-likeness (QED) is 0.651. The maximum atomic E-state index is 12.2. The summed E-state index contributed by atoms with van der Waals surface area (Å²) in [5.74, 6) is 0.105. The molecule has 2 aromatic heterocycles. The van der Waals surface area contributed by atoms with E-state index in [1.54, 1.807) is 18.3 Å². The Morgan fingerprint density at radius 3 is 2.83 bits per heavy atom. The number of benzene rings is 1. The number of hydrogen-bond donors (Lipinski definition) is 3. The van der Waals surface area contributed by atoms with Crippen molar-refractivity contribution in [1.82, 2.24) is 9.97 Å². The third-order valence-corrected chi connectivity index (χ3v) is 5.87.